The topological polar surface area (TPSA) is 38.1 Å². The molecule has 2 aliphatic carbocycles. The van der Waals surface area contributed by atoms with Crippen LogP contribution in [0.1, 0.15) is 41.5 Å². The van der Waals surface area contributed by atoms with E-state index in [4.69, 9.17) is 4.42 Å². The Labute approximate surface area is 113 Å². The van der Waals surface area contributed by atoms with Gasteiger partial charge in [0.2, 0.25) is 0 Å². The van der Waals surface area contributed by atoms with Crippen molar-refractivity contribution in [2.75, 3.05) is 6.54 Å². The van der Waals surface area contributed by atoms with E-state index < -0.39 is 0 Å². The highest BCUT2D eigenvalue weighted by Crippen LogP contribution is 2.39. The monoisotopic (exact) mass is 254 g/mol. The second-order valence-electron chi connectivity index (χ2n) is 5.59. The molecule has 1 aromatic carbocycles. The van der Waals surface area contributed by atoms with Crippen LogP contribution >= 0.6 is 0 Å². The Morgan fingerprint density at radius 2 is 2.16 bits per heavy atom. The summed E-state index contributed by atoms with van der Waals surface area (Å²) < 4.78 is 5.90. The van der Waals surface area contributed by atoms with E-state index in [1.54, 1.807) is 0 Å². The normalized spacial score (nSPS) is 20.9. The van der Waals surface area contributed by atoms with Gasteiger partial charge in [-0.2, -0.15) is 0 Å². The lowest BCUT2D eigenvalue weighted by Crippen LogP contribution is -2.19. The maximum absolute atomic E-state index is 5.90. The molecule has 1 heterocycles. The van der Waals surface area contributed by atoms with E-state index in [0.717, 1.165) is 37.1 Å². The number of hydrogen-bond donors (Lipinski definition) is 1. The van der Waals surface area contributed by atoms with Gasteiger partial charge < -0.3 is 9.73 Å². The molecule has 0 aliphatic heterocycles. The van der Waals surface area contributed by atoms with Crippen LogP contribution in [-0.2, 0) is 12.8 Å². The minimum Gasteiger partial charge on any atom is -0.445 e. The molecule has 0 bridgehead atoms. The predicted molar refractivity (Wildman–Crippen MR) is 73.2 cm³/mol. The molecule has 4 rings (SSSR count). The Hall–Kier alpha value is -1.61. The van der Waals surface area contributed by atoms with Crippen molar-refractivity contribution in [3.05, 3.63) is 53.2 Å². The van der Waals surface area contributed by atoms with E-state index in [-0.39, 0.29) is 0 Å². The van der Waals surface area contributed by atoms with Crippen LogP contribution in [0.4, 0.5) is 0 Å². The van der Waals surface area contributed by atoms with Gasteiger partial charge in [-0.05, 0) is 30.4 Å². The molecule has 1 saturated carbocycles. The first kappa shape index (κ1) is 11.2. The Balaban J connectivity index is 1.41. The van der Waals surface area contributed by atoms with Crippen LogP contribution in [0.2, 0.25) is 0 Å². The number of fused-ring (bicyclic) bond motifs is 1. The van der Waals surface area contributed by atoms with Gasteiger partial charge in [-0.25, -0.2) is 4.98 Å². The fourth-order valence-electron chi connectivity index (χ4n) is 2.78. The number of rotatable bonds is 5. The van der Waals surface area contributed by atoms with Crippen LogP contribution in [0.25, 0.3) is 0 Å². The van der Waals surface area contributed by atoms with Gasteiger partial charge in [-0.15, -0.1) is 0 Å². The summed E-state index contributed by atoms with van der Waals surface area (Å²) in [6.07, 6.45) is 6.55. The lowest BCUT2D eigenvalue weighted by Gasteiger charge is -2.27. The molecule has 3 heteroatoms. The smallest absolute Gasteiger partial charge is 0.195 e. The number of hydrogen-bond acceptors (Lipinski definition) is 3. The summed E-state index contributed by atoms with van der Waals surface area (Å²) in [5.41, 5.74) is 2.85. The van der Waals surface area contributed by atoms with E-state index in [9.17, 15) is 0 Å². The lowest BCUT2D eigenvalue weighted by molar-refractivity contribution is 0.422. The molecule has 0 spiro atoms. The first-order valence-electron chi connectivity index (χ1n) is 7.16. The molecule has 0 saturated heterocycles. The molecule has 98 valence electrons. The van der Waals surface area contributed by atoms with E-state index >= 15 is 0 Å². The first-order chi connectivity index (χ1) is 9.40. The predicted octanol–water partition coefficient (Wildman–Crippen LogP) is 2.66. The Morgan fingerprint density at radius 3 is 3.00 bits per heavy atom. The third kappa shape index (κ3) is 2.19. The molecule has 3 nitrogen and oxygen atoms in total. The van der Waals surface area contributed by atoms with Gasteiger partial charge in [0.05, 0.1) is 6.20 Å². The van der Waals surface area contributed by atoms with Crippen molar-refractivity contribution in [3.63, 3.8) is 0 Å². The zero-order valence-corrected chi connectivity index (χ0v) is 10.9. The first-order valence-corrected chi connectivity index (χ1v) is 7.16. The second kappa shape index (κ2) is 4.49. The zero-order chi connectivity index (χ0) is 12.7. The summed E-state index contributed by atoms with van der Waals surface area (Å²) in [7, 11) is 0. The van der Waals surface area contributed by atoms with Gasteiger partial charge in [0.15, 0.2) is 5.89 Å². The number of oxazole rings is 1. The number of nitrogens with one attached hydrogen (secondary N) is 1. The molecule has 1 N–H and O–H groups in total. The highest BCUT2D eigenvalue weighted by Gasteiger charge is 2.30. The third-order valence-electron chi connectivity index (χ3n) is 4.12. The van der Waals surface area contributed by atoms with Crippen molar-refractivity contribution in [2.45, 2.75) is 37.6 Å². The zero-order valence-electron chi connectivity index (χ0n) is 10.9. The maximum atomic E-state index is 5.90. The quantitative estimate of drug-likeness (QED) is 0.891. The van der Waals surface area contributed by atoms with Crippen molar-refractivity contribution in [1.82, 2.24) is 10.3 Å². The SMILES string of the molecule is c1ccc2c(c1)CC2c1cnc(CCNC2CC2)o1. The van der Waals surface area contributed by atoms with Crippen molar-refractivity contribution in [2.24, 2.45) is 0 Å². The maximum Gasteiger partial charge on any atom is 0.195 e. The second-order valence-corrected chi connectivity index (χ2v) is 5.59. The summed E-state index contributed by atoms with van der Waals surface area (Å²) in [5.74, 6) is 2.32. The summed E-state index contributed by atoms with van der Waals surface area (Å²) in [5, 5.41) is 3.49. The molecule has 0 radical (unpaired) electrons. The molecular weight excluding hydrogens is 236 g/mol. The van der Waals surface area contributed by atoms with Crippen molar-refractivity contribution in [3.8, 4) is 0 Å². The summed E-state index contributed by atoms with van der Waals surface area (Å²) in [6.45, 7) is 0.978. The number of nitrogens with zero attached hydrogens (tertiary/aromatic N) is 1. The average molecular weight is 254 g/mol. The van der Waals surface area contributed by atoms with Gasteiger partial charge in [-0.1, -0.05) is 24.3 Å². The van der Waals surface area contributed by atoms with E-state index in [2.05, 4.69) is 34.6 Å². The van der Waals surface area contributed by atoms with Crippen molar-refractivity contribution in [1.29, 1.82) is 0 Å². The third-order valence-corrected chi connectivity index (χ3v) is 4.12. The number of benzene rings is 1. The van der Waals surface area contributed by atoms with Crippen LogP contribution in [0.3, 0.4) is 0 Å². The standard InChI is InChI=1S/C16H18N2O/c1-2-4-13-11(3-1)9-14(13)15-10-18-16(19-15)7-8-17-12-5-6-12/h1-4,10,12,14,17H,5-9H2. The minimum atomic E-state index is 0.425. The van der Waals surface area contributed by atoms with Gasteiger partial charge in [0.25, 0.3) is 0 Å². The minimum absolute atomic E-state index is 0.425. The van der Waals surface area contributed by atoms with Crippen LogP contribution in [0, 0.1) is 0 Å². The van der Waals surface area contributed by atoms with Gasteiger partial charge in [-0.3, -0.25) is 0 Å². The molecule has 1 unspecified atom stereocenters. The molecule has 2 aliphatic rings. The van der Waals surface area contributed by atoms with E-state index in [1.165, 1.54) is 24.0 Å². The van der Waals surface area contributed by atoms with Crippen LogP contribution in [-0.4, -0.2) is 17.6 Å². The van der Waals surface area contributed by atoms with Crippen LogP contribution in [0.15, 0.2) is 34.9 Å². The largest absolute Gasteiger partial charge is 0.445 e. The molecule has 0 amide bonds. The lowest BCUT2D eigenvalue weighted by atomic mass is 9.76. The highest BCUT2D eigenvalue weighted by atomic mass is 16.4. The fraction of sp³-hybridized carbons (Fsp3) is 0.438. The summed E-state index contributed by atoms with van der Waals surface area (Å²) >= 11 is 0. The highest BCUT2D eigenvalue weighted by molar-refractivity contribution is 5.44. The van der Waals surface area contributed by atoms with E-state index in [0.29, 0.717) is 5.92 Å². The molecule has 1 fully saturated rings. The number of aromatic nitrogens is 1. The molecule has 1 atom stereocenters. The molecular formula is C16H18N2O. The molecule has 19 heavy (non-hydrogen) atoms. The Bertz CT molecular complexity index is 586. The van der Waals surface area contributed by atoms with Crippen molar-refractivity contribution >= 4 is 0 Å². The average Bonchev–Trinajstić information content (AvgIpc) is 3.10. The Morgan fingerprint density at radius 1 is 1.26 bits per heavy atom. The molecule has 2 aromatic rings. The summed E-state index contributed by atoms with van der Waals surface area (Å²) in [6, 6.07) is 9.35. The van der Waals surface area contributed by atoms with Crippen molar-refractivity contribution < 1.29 is 4.42 Å². The molecule has 1 aromatic heterocycles. The van der Waals surface area contributed by atoms with Gasteiger partial charge in [0.1, 0.15) is 5.76 Å². The van der Waals surface area contributed by atoms with Crippen LogP contribution < -0.4 is 5.32 Å². The fourth-order valence-corrected chi connectivity index (χ4v) is 2.78. The van der Waals surface area contributed by atoms with E-state index in [1.807, 2.05) is 6.20 Å². The van der Waals surface area contributed by atoms with Crippen LogP contribution in [0.5, 0.6) is 0 Å². The van der Waals surface area contributed by atoms with Gasteiger partial charge >= 0.3 is 0 Å². The summed E-state index contributed by atoms with van der Waals surface area (Å²) in [4.78, 5) is 4.40. The van der Waals surface area contributed by atoms with Gasteiger partial charge in [0, 0.05) is 24.9 Å². The Kier molecular flexibility index (Phi) is 2.66.